The third-order valence-electron chi connectivity index (χ3n) is 3.39. The number of carbonyl (C=O) groups excluding carboxylic acids is 1. The number of aryl methyl sites for hydroxylation is 2. The smallest absolute Gasteiger partial charge is 0.193 e. The molecule has 0 unspecified atom stereocenters. The second-order valence-corrected chi connectivity index (χ2v) is 5.17. The van der Waals surface area contributed by atoms with Crippen molar-refractivity contribution in [2.24, 2.45) is 0 Å². The minimum Gasteiger partial charge on any atom is -0.289 e. The Labute approximate surface area is 122 Å². The molecule has 0 aliphatic heterocycles. The molecule has 0 aliphatic rings. The van der Waals surface area contributed by atoms with E-state index in [9.17, 15) is 9.18 Å². The Balaban J connectivity index is 2.22. The second kappa shape index (κ2) is 5.09. The van der Waals surface area contributed by atoms with Crippen LogP contribution in [0.3, 0.4) is 0 Å². The van der Waals surface area contributed by atoms with Crippen LogP contribution in [0.15, 0.2) is 48.5 Å². The summed E-state index contributed by atoms with van der Waals surface area (Å²) >= 11 is 0. The van der Waals surface area contributed by atoms with Crippen molar-refractivity contribution in [3.8, 4) is 0 Å². The Hall–Kier alpha value is -2.55. The Morgan fingerprint density at radius 3 is 2.57 bits per heavy atom. The monoisotopic (exact) mass is 279 g/mol. The number of ketones is 1. The van der Waals surface area contributed by atoms with Gasteiger partial charge in [-0.2, -0.15) is 0 Å². The van der Waals surface area contributed by atoms with Gasteiger partial charge in [0.2, 0.25) is 0 Å². The van der Waals surface area contributed by atoms with Crippen molar-refractivity contribution in [2.75, 3.05) is 0 Å². The third-order valence-corrected chi connectivity index (χ3v) is 3.39. The van der Waals surface area contributed by atoms with Crippen LogP contribution in [0, 0.1) is 19.7 Å². The maximum Gasteiger partial charge on any atom is 0.193 e. The van der Waals surface area contributed by atoms with E-state index in [4.69, 9.17) is 0 Å². The van der Waals surface area contributed by atoms with Gasteiger partial charge in [-0.05, 0) is 49.7 Å². The zero-order valence-electron chi connectivity index (χ0n) is 11.9. The standard InChI is InChI=1S/C18H14FNO/c1-11-7-13(10-14(19)8-11)18(21)16-9-12(2)20-17-6-4-3-5-15(16)17/h3-10H,1-2H3. The van der Waals surface area contributed by atoms with E-state index in [1.807, 2.05) is 31.2 Å². The third kappa shape index (κ3) is 2.55. The van der Waals surface area contributed by atoms with Gasteiger partial charge in [0.25, 0.3) is 0 Å². The molecule has 0 N–H and O–H groups in total. The van der Waals surface area contributed by atoms with Gasteiger partial charge >= 0.3 is 0 Å². The molecule has 1 heterocycles. The van der Waals surface area contributed by atoms with E-state index in [1.54, 1.807) is 19.1 Å². The highest BCUT2D eigenvalue weighted by Crippen LogP contribution is 2.22. The van der Waals surface area contributed by atoms with E-state index in [2.05, 4.69) is 4.98 Å². The van der Waals surface area contributed by atoms with Gasteiger partial charge in [-0.15, -0.1) is 0 Å². The van der Waals surface area contributed by atoms with Gasteiger partial charge < -0.3 is 0 Å². The summed E-state index contributed by atoms with van der Waals surface area (Å²) in [5.74, 6) is -0.576. The molecule has 0 radical (unpaired) electrons. The quantitative estimate of drug-likeness (QED) is 0.657. The maximum absolute atomic E-state index is 13.5. The first-order chi connectivity index (χ1) is 10.0. The average molecular weight is 279 g/mol. The van der Waals surface area contributed by atoms with Crippen LogP contribution in [0.2, 0.25) is 0 Å². The highest BCUT2D eigenvalue weighted by Gasteiger charge is 2.15. The average Bonchev–Trinajstić information content (AvgIpc) is 2.44. The van der Waals surface area contributed by atoms with Gasteiger partial charge in [0.15, 0.2) is 5.78 Å². The highest BCUT2D eigenvalue weighted by atomic mass is 19.1. The van der Waals surface area contributed by atoms with Crippen molar-refractivity contribution in [3.63, 3.8) is 0 Å². The predicted octanol–water partition coefficient (Wildman–Crippen LogP) is 4.22. The Morgan fingerprint density at radius 2 is 1.81 bits per heavy atom. The van der Waals surface area contributed by atoms with Crippen LogP contribution in [-0.4, -0.2) is 10.8 Å². The van der Waals surface area contributed by atoms with Crippen LogP contribution in [0.25, 0.3) is 10.9 Å². The minimum absolute atomic E-state index is 0.181. The Morgan fingerprint density at radius 1 is 1.05 bits per heavy atom. The molecule has 0 saturated carbocycles. The number of benzene rings is 2. The SMILES string of the molecule is Cc1cc(F)cc(C(=O)c2cc(C)nc3ccccc23)c1. The largest absolute Gasteiger partial charge is 0.289 e. The molecule has 21 heavy (non-hydrogen) atoms. The maximum atomic E-state index is 13.5. The molecule has 3 aromatic rings. The first-order valence-corrected chi connectivity index (χ1v) is 6.73. The van der Waals surface area contributed by atoms with E-state index in [0.29, 0.717) is 11.1 Å². The zero-order valence-corrected chi connectivity index (χ0v) is 11.9. The van der Waals surface area contributed by atoms with Crippen molar-refractivity contribution in [1.82, 2.24) is 4.98 Å². The summed E-state index contributed by atoms with van der Waals surface area (Å²) in [5.41, 5.74) is 3.19. The number of hydrogen-bond donors (Lipinski definition) is 0. The summed E-state index contributed by atoms with van der Waals surface area (Å²) in [5, 5.41) is 0.787. The summed E-state index contributed by atoms with van der Waals surface area (Å²) in [4.78, 5) is 17.1. The van der Waals surface area contributed by atoms with E-state index < -0.39 is 5.82 Å². The number of para-hydroxylation sites is 1. The number of rotatable bonds is 2. The fourth-order valence-corrected chi connectivity index (χ4v) is 2.52. The normalized spacial score (nSPS) is 10.8. The van der Waals surface area contributed by atoms with Crippen LogP contribution >= 0.6 is 0 Å². The van der Waals surface area contributed by atoms with Crippen LogP contribution in [-0.2, 0) is 0 Å². The lowest BCUT2D eigenvalue weighted by atomic mass is 9.98. The topological polar surface area (TPSA) is 30.0 Å². The van der Waals surface area contributed by atoms with Crippen molar-refractivity contribution >= 4 is 16.7 Å². The van der Waals surface area contributed by atoms with Crippen LogP contribution < -0.4 is 0 Å². The number of carbonyl (C=O) groups is 1. The van der Waals surface area contributed by atoms with Gasteiger partial charge in [-0.3, -0.25) is 9.78 Å². The molecule has 0 saturated heterocycles. The van der Waals surface area contributed by atoms with Crippen LogP contribution in [0.5, 0.6) is 0 Å². The fourth-order valence-electron chi connectivity index (χ4n) is 2.52. The molecule has 0 fully saturated rings. The van der Waals surface area contributed by atoms with Crippen molar-refractivity contribution < 1.29 is 9.18 Å². The molecule has 3 heteroatoms. The molecule has 2 aromatic carbocycles. The molecule has 3 rings (SSSR count). The Kier molecular flexibility index (Phi) is 3.26. The summed E-state index contributed by atoms with van der Waals surface area (Å²) in [6.07, 6.45) is 0. The number of halogens is 1. The minimum atomic E-state index is -0.395. The van der Waals surface area contributed by atoms with Gasteiger partial charge in [-0.1, -0.05) is 18.2 Å². The first-order valence-electron chi connectivity index (χ1n) is 6.73. The lowest BCUT2D eigenvalue weighted by Crippen LogP contribution is -2.05. The molecule has 0 amide bonds. The van der Waals surface area contributed by atoms with Crippen molar-refractivity contribution in [1.29, 1.82) is 0 Å². The molecular formula is C18H14FNO. The number of aromatic nitrogens is 1. The zero-order chi connectivity index (χ0) is 15.0. The molecule has 1 aromatic heterocycles. The van der Waals surface area contributed by atoms with E-state index >= 15 is 0 Å². The number of nitrogens with zero attached hydrogens (tertiary/aromatic N) is 1. The lowest BCUT2D eigenvalue weighted by molar-refractivity contribution is 0.103. The van der Waals surface area contributed by atoms with Gasteiger partial charge in [-0.25, -0.2) is 4.39 Å². The molecular weight excluding hydrogens is 265 g/mol. The number of hydrogen-bond acceptors (Lipinski definition) is 2. The van der Waals surface area contributed by atoms with E-state index in [0.717, 1.165) is 22.2 Å². The lowest BCUT2D eigenvalue weighted by Gasteiger charge is -2.08. The summed E-state index contributed by atoms with van der Waals surface area (Å²) in [6.45, 7) is 3.62. The Bertz CT molecular complexity index is 835. The van der Waals surface area contributed by atoms with Crippen molar-refractivity contribution in [2.45, 2.75) is 13.8 Å². The highest BCUT2D eigenvalue weighted by molar-refractivity contribution is 6.16. The molecule has 0 aliphatic carbocycles. The van der Waals surface area contributed by atoms with Gasteiger partial charge in [0.05, 0.1) is 5.52 Å². The van der Waals surface area contributed by atoms with E-state index in [1.165, 1.54) is 12.1 Å². The molecule has 0 atom stereocenters. The fraction of sp³-hybridized carbons (Fsp3) is 0.111. The number of fused-ring (bicyclic) bond motifs is 1. The summed E-state index contributed by atoms with van der Waals surface area (Å²) < 4.78 is 13.5. The van der Waals surface area contributed by atoms with Gasteiger partial charge in [0.1, 0.15) is 5.82 Å². The summed E-state index contributed by atoms with van der Waals surface area (Å²) in [7, 11) is 0. The van der Waals surface area contributed by atoms with Crippen LogP contribution in [0.1, 0.15) is 27.2 Å². The van der Waals surface area contributed by atoms with E-state index in [-0.39, 0.29) is 5.78 Å². The summed E-state index contributed by atoms with van der Waals surface area (Å²) in [6, 6.07) is 13.6. The van der Waals surface area contributed by atoms with Crippen molar-refractivity contribution in [3.05, 3.63) is 76.7 Å². The molecule has 0 spiro atoms. The molecule has 0 bridgehead atoms. The van der Waals surface area contributed by atoms with Gasteiger partial charge in [0, 0.05) is 22.2 Å². The number of pyridine rings is 1. The van der Waals surface area contributed by atoms with Crippen LogP contribution in [0.4, 0.5) is 4.39 Å². The first kappa shape index (κ1) is 13.4. The predicted molar refractivity (Wildman–Crippen MR) is 81.0 cm³/mol. The second-order valence-electron chi connectivity index (χ2n) is 5.17. The molecule has 104 valence electrons. The molecule has 2 nitrogen and oxygen atoms in total.